The Kier molecular flexibility index (Phi) is 6.03. The minimum Gasteiger partial charge on any atom is -0.334 e. The Morgan fingerprint density at radius 1 is 1.19 bits per heavy atom. The smallest absolute Gasteiger partial charge is 0.319 e. The van der Waals surface area contributed by atoms with Crippen LogP contribution < -0.4 is 16.1 Å². The number of amides is 3. The molecular formula is C20H23N3O3S. The second kappa shape index (κ2) is 8.45. The molecule has 7 heteroatoms. The van der Waals surface area contributed by atoms with E-state index in [2.05, 4.69) is 24.5 Å². The summed E-state index contributed by atoms with van der Waals surface area (Å²) in [6.45, 7) is 4.64. The van der Waals surface area contributed by atoms with E-state index >= 15 is 0 Å². The van der Waals surface area contributed by atoms with Crippen molar-refractivity contribution in [2.24, 2.45) is 0 Å². The van der Waals surface area contributed by atoms with Gasteiger partial charge in [0.1, 0.15) is 0 Å². The molecule has 0 spiro atoms. The first kappa shape index (κ1) is 19.3. The number of rotatable bonds is 5. The average Bonchev–Trinajstić information content (AvgIpc) is 3.09. The molecule has 6 nitrogen and oxygen atoms in total. The van der Waals surface area contributed by atoms with Crippen molar-refractivity contribution >= 4 is 29.4 Å². The summed E-state index contributed by atoms with van der Waals surface area (Å²) in [5.41, 5.74) is 5.71. The van der Waals surface area contributed by atoms with Gasteiger partial charge in [-0.3, -0.25) is 10.0 Å². The highest BCUT2D eigenvalue weighted by Crippen LogP contribution is 2.37. The van der Waals surface area contributed by atoms with Crippen LogP contribution in [0.25, 0.3) is 0 Å². The number of fused-ring (bicyclic) bond motifs is 1. The quantitative estimate of drug-likeness (QED) is 0.467. The third-order valence-electron chi connectivity index (χ3n) is 4.50. The van der Waals surface area contributed by atoms with E-state index in [9.17, 15) is 9.59 Å². The van der Waals surface area contributed by atoms with Crippen LogP contribution in [0.1, 0.15) is 36.5 Å². The minimum absolute atomic E-state index is 0.266. The fourth-order valence-electron chi connectivity index (χ4n) is 2.91. The fraction of sp³-hybridized carbons (Fsp3) is 0.300. The highest BCUT2D eigenvalue weighted by atomic mass is 32.2. The van der Waals surface area contributed by atoms with Crippen molar-refractivity contribution in [3.63, 3.8) is 0 Å². The highest BCUT2D eigenvalue weighted by Gasteiger charge is 2.28. The van der Waals surface area contributed by atoms with Gasteiger partial charge < -0.3 is 10.6 Å². The van der Waals surface area contributed by atoms with Gasteiger partial charge >= 0.3 is 6.03 Å². The number of hydrogen-bond acceptors (Lipinski definition) is 4. The number of urea groups is 1. The van der Waals surface area contributed by atoms with E-state index < -0.39 is 5.91 Å². The topological polar surface area (TPSA) is 90.5 Å². The lowest BCUT2D eigenvalue weighted by Gasteiger charge is -2.10. The van der Waals surface area contributed by atoms with Gasteiger partial charge in [0.15, 0.2) is 0 Å². The average molecular weight is 385 g/mol. The summed E-state index contributed by atoms with van der Waals surface area (Å²) in [5, 5.41) is 14.1. The molecule has 0 saturated carbocycles. The van der Waals surface area contributed by atoms with Crippen LogP contribution in [0.4, 0.5) is 10.5 Å². The van der Waals surface area contributed by atoms with Gasteiger partial charge in [-0.1, -0.05) is 38.1 Å². The van der Waals surface area contributed by atoms with Crippen molar-refractivity contribution in [3.05, 3.63) is 59.2 Å². The standard InChI is InChI=1S/C20H23N3O3S/c1-12(2)14-5-7-16(8-6-14)22-20(25)21-11-13-3-4-15-10-18(19(24)23-26)27-17(15)9-13/h3-9,12,18,26H,10-11H2,1-2H3,(H,23,24)(H2,21,22,25). The molecule has 1 atom stereocenters. The van der Waals surface area contributed by atoms with Gasteiger partial charge in [0.05, 0.1) is 5.25 Å². The maximum absolute atomic E-state index is 12.1. The maximum Gasteiger partial charge on any atom is 0.319 e. The van der Waals surface area contributed by atoms with Crippen molar-refractivity contribution in [2.45, 2.75) is 42.9 Å². The van der Waals surface area contributed by atoms with Gasteiger partial charge in [0, 0.05) is 17.1 Å². The zero-order valence-electron chi connectivity index (χ0n) is 15.3. The predicted octanol–water partition coefficient (Wildman–Crippen LogP) is 3.65. The van der Waals surface area contributed by atoms with Crippen LogP contribution in [0.5, 0.6) is 0 Å². The predicted molar refractivity (Wildman–Crippen MR) is 106 cm³/mol. The third-order valence-corrected chi connectivity index (χ3v) is 5.80. The van der Waals surface area contributed by atoms with E-state index in [4.69, 9.17) is 5.21 Å². The van der Waals surface area contributed by atoms with E-state index in [0.29, 0.717) is 18.9 Å². The summed E-state index contributed by atoms with van der Waals surface area (Å²) in [5.74, 6) is 0.0624. The Labute approximate surface area is 162 Å². The molecule has 0 saturated heterocycles. The van der Waals surface area contributed by atoms with Gasteiger partial charge in [-0.2, -0.15) is 0 Å². The van der Waals surface area contributed by atoms with E-state index in [1.165, 1.54) is 17.3 Å². The minimum atomic E-state index is -0.390. The van der Waals surface area contributed by atoms with Gasteiger partial charge in [-0.05, 0) is 47.2 Å². The van der Waals surface area contributed by atoms with Crippen molar-refractivity contribution in [1.29, 1.82) is 0 Å². The molecule has 2 aromatic carbocycles. The Morgan fingerprint density at radius 2 is 1.93 bits per heavy atom. The van der Waals surface area contributed by atoms with Crippen LogP contribution in [0.15, 0.2) is 47.4 Å². The van der Waals surface area contributed by atoms with Crippen molar-refractivity contribution < 1.29 is 14.8 Å². The molecule has 1 heterocycles. The first-order valence-electron chi connectivity index (χ1n) is 8.83. The second-order valence-corrected chi connectivity index (χ2v) is 8.06. The molecule has 1 aliphatic heterocycles. The molecule has 4 N–H and O–H groups in total. The van der Waals surface area contributed by atoms with Crippen LogP contribution in [-0.2, 0) is 17.8 Å². The van der Waals surface area contributed by atoms with Gasteiger partial charge in [0.25, 0.3) is 5.91 Å². The molecule has 0 aromatic heterocycles. The highest BCUT2D eigenvalue weighted by molar-refractivity contribution is 8.01. The zero-order valence-corrected chi connectivity index (χ0v) is 16.1. The molecule has 0 aliphatic carbocycles. The van der Waals surface area contributed by atoms with E-state index in [1.807, 2.05) is 42.5 Å². The largest absolute Gasteiger partial charge is 0.334 e. The molecule has 0 radical (unpaired) electrons. The SMILES string of the molecule is CC(C)c1ccc(NC(=O)NCc2ccc3c(c2)SC(C(=O)NO)C3)cc1. The molecule has 3 rings (SSSR count). The van der Waals surface area contributed by atoms with Gasteiger partial charge in [-0.25, -0.2) is 10.3 Å². The summed E-state index contributed by atoms with van der Waals surface area (Å²) in [4.78, 5) is 24.7. The fourth-order valence-corrected chi connectivity index (χ4v) is 4.16. The van der Waals surface area contributed by atoms with E-state index in [1.54, 1.807) is 5.48 Å². The number of thioether (sulfide) groups is 1. The molecule has 1 aliphatic rings. The zero-order chi connectivity index (χ0) is 19.4. The summed E-state index contributed by atoms with van der Waals surface area (Å²) in [6, 6.07) is 13.4. The van der Waals surface area contributed by atoms with Crippen molar-refractivity contribution in [3.8, 4) is 0 Å². The molecule has 3 amide bonds. The first-order chi connectivity index (χ1) is 13.0. The van der Waals surface area contributed by atoms with Gasteiger partial charge in [0.2, 0.25) is 0 Å². The lowest BCUT2D eigenvalue weighted by atomic mass is 10.0. The number of hydrogen-bond donors (Lipinski definition) is 4. The number of nitrogens with one attached hydrogen (secondary N) is 3. The van der Waals surface area contributed by atoms with Crippen LogP contribution in [0.3, 0.4) is 0 Å². The van der Waals surface area contributed by atoms with Crippen LogP contribution in [0.2, 0.25) is 0 Å². The van der Waals surface area contributed by atoms with Crippen molar-refractivity contribution in [1.82, 2.24) is 10.8 Å². The first-order valence-corrected chi connectivity index (χ1v) is 9.71. The second-order valence-electron chi connectivity index (χ2n) is 6.81. The van der Waals surface area contributed by atoms with E-state index in [0.717, 1.165) is 21.7 Å². The molecular weight excluding hydrogens is 362 g/mol. The summed E-state index contributed by atoms with van der Waals surface area (Å²) >= 11 is 1.42. The monoisotopic (exact) mass is 385 g/mol. The molecule has 0 bridgehead atoms. The maximum atomic E-state index is 12.1. The number of carbonyl (C=O) groups is 2. The lowest BCUT2D eigenvalue weighted by molar-refractivity contribution is -0.128. The van der Waals surface area contributed by atoms with Gasteiger partial charge in [-0.15, -0.1) is 11.8 Å². The molecule has 0 fully saturated rings. The normalized spacial score (nSPS) is 15.3. The van der Waals surface area contributed by atoms with Crippen molar-refractivity contribution in [2.75, 3.05) is 5.32 Å². The van der Waals surface area contributed by atoms with Crippen LogP contribution >= 0.6 is 11.8 Å². The summed E-state index contributed by atoms with van der Waals surface area (Å²) in [6.07, 6.45) is 0.590. The number of carbonyl (C=O) groups excluding carboxylic acids is 2. The molecule has 27 heavy (non-hydrogen) atoms. The Balaban J connectivity index is 1.53. The number of hydroxylamine groups is 1. The lowest BCUT2D eigenvalue weighted by Crippen LogP contribution is -2.29. The Hall–Kier alpha value is -2.51. The van der Waals surface area contributed by atoms with Crippen LogP contribution in [-0.4, -0.2) is 22.4 Å². The Morgan fingerprint density at radius 3 is 2.59 bits per heavy atom. The van der Waals surface area contributed by atoms with E-state index in [-0.39, 0.29) is 11.3 Å². The van der Waals surface area contributed by atoms with Crippen LogP contribution in [0, 0.1) is 0 Å². The molecule has 1 unspecified atom stereocenters. The molecule has 2 aromatic rings. The number of anilines is 1. The molecule has 142 valence electrons. The summed E-state index contributed by atoms with van der Waals surface area (Å²) in [7, 11) is 0. The summed E-state index contributed by atoms with van der Waals surface area (Å²) < 4.78 is 0. The Bertz CT molecular complexity index is 837. The number of benzene rings is 2. The third kappa shape index (κ3) is 4.81.